The predicted molar refractivity (Wildman–Crippen MR) is 348 cm³/mol. The molecule has 18 aromatic rings. The summed E-state index contributed by atoms with van der Waals surface area (Å²) in [6, 6.07) is 105. The normalized spacial score (nSPS) is 12.1. The van der Waals surface area contributed by atoms with Gasteiger partial charge in [-0.25, -0.2) is 0 Å². The Kier molecular flexibility index (Phi) is 9.48. The molecule has 380 valence electrons. The molecule has 4 heteroatoms. The lowest BCUT2D eigenvalue weighted by molar-refractivity contribution is 0.671. The number of rotatable bonds is 6. The molecule has 4 nitrogen and oxygen atoms in total. The zero-order valence-electron chi connectivity index (χ0n) is 44.4. The first kappa shape index (κ1) is 45.0. The second-order valence-corrected chi connectivity index (χ2v) is 21.8. The number of para-hydroxylation sites is 4. The highest BCUT2D eigenvalue weighted by molar-refractivity contribution is 6.40. The van der Waals surface area contributed by atoms with Crippen molar-refractivity contribution in [3.8, 4) is 22.5 Å². The predicted octanol–water partition coefficient (Wildman–Crippen LogP) is 21.8. The van der Waals surface area contributed by atoms with Gasteiger partial charge in [-0.2, -0.15) is 0 Å². The minimum absolute atomic E-state index is 0.848. The molecule has 0 saturated carbocycles. The molecule has 0 aliphatic heterocycles. The molecule has 0 N–H and O–H groups in total. The van der Waals surface area contributed by atoms with E-state index < -0.39 is 0 Å². The van der Waals surface area contributed by atoms with Crippen LogP contribution in [0.1, 0.15) is 0 Å². The van der Waals surface area contributed by atoms with Crippen LogP contribution in [0.3, 0.4) is 0 Å². The van der Waals surface area contributed by atoms with E-state index in [4.69, 9.17) is 4.42 Å². The van der Waals surface area contributed by atoms with Crippen LogP contribution in [0.4, 0.5) is 17.1 Å². The van der Waals surface area contributed by atoms with Gasteiger partial charge in [-0.1, -0.05) is 212 Å². The van der Waals surface area contributed by atoms with Crippen molar-refractivity contribution in [2.45, 2.75) is 0 Å². The van der Waals surface area contributed by atoms with Crippen molar-refractivity contribution in [1.29, 1.82) is 0 Å². The quantitative estimate of drug-likeness (QED) is 0.123. The van der Waals surface area contributed by atoms with Crippen LogP contribution in [0.15, 0.2) is 290 Å². The smallest absolute Gasteiger partial charge is 0.160 e. The lowest BCUT2D eigenvalue weighted by atomic mass is 9.89. The van der Waals surface area contributed by atoms with Gasteiger partial charge in [-0.05, 0) is 132 Å². The Bertz CT molecular complexity index is 5560. The van der Waals surface area contributed by atoms with E-state index in [2.05, 4.69) is 299 Å². The van der Waals surface area contributed by atoms with Crippen molar-refractivity contribution in [2.75, 3.05) is 4.90 Å². The fourth-order valence-electron chi connectivity index (χ4n) is 14.3. The Morgan fingerprint density at radius 3 is 1.37 bits per heavy atom. The standard InChI is InChI=1S/C78H47N3O/c1-4-22-49(23-5-1)79(50-24-6-2-7-25-50)75-63-37-18-16-35-60(63)71(61-36-17-19-38-64(61)75)48-40-45-70-67(46-48)74-59-34-15-14-33-58(59)73-65-43-42-62-55-30-11-10-28-53(55)54-29-12-13-32-57(54)72(62)76(65)81(77(73)78(74)82-70)52-41-44-69-66(47-52)56-31-20-21-39-68(56)80(69)51-26-8-3-9-27-51/h1-47H. The lowest BCUT2D eigenvalue weighted by Gasteiger charge is -2.29. The summed E-state index contributed by atoms with van der Waals surface area (Å²) >= 11 is 0. The number of hydrogen-bond donors (Lipinski definition) is 0. The van der Waals surface area contributed by atoms with Crippen molar-refractivity contribution < 1.29 is 4.42 Å². The Morgan fingerprint density at radius 1 is 0.268 bits per heavy atom. The van der Waals surface area contributed by atoms with Gasteiger partial charge in [0.2, 0.25) is 0 Å². The third-order valence-corrected chi connectivity index (χ3v) is 17.6. The maximum absolute atomic E-state index is 7.54. The highest BCUT2D eigenvalue weighted by Gasteiger charge is 2.28. The van der Waals surface area contributed by atoms with Crippen LogP contribution in [0.5, 0.6) is 0 Å². The van der Waals surface area contributed by atoms with Crippen LogP contribution in [0, 0.1) is 0 Å². The molecule has 0 aliphatic carbocycles. The minimum Gasteiger partial charge on any atom is -0.454 e. The van der Waals surface area contributed by atoms with Crippen LogP contribution in [0.25, 0.3) is 153 Å². The van der Waals surface area contributed by atoms with Gasteiger partial charge in [0.15, 0.2) is 5.58 Å². The Hall–Kier alpha value is -10.9. The summed E-state index contributed by atoms with van der Waals surface area (Å²) in [4.78, 5) is 2.42. The molecule has 0 saturated heterocycles. The highest BCUT2D eigenvalue weighted by Crippen LogP contribution is 2.52. The third kappa shape index (κ3) is 6.26. The van der Waals surface area contributed by atoms with Crippen molar-refractivity contribution >= 4 is 147 Å². The van der Waals surface area contributed by atoms with Gasteiger partial charge in [0.1, 0.15) is 5.58 Å². The molecule has 18 rings (SSSR count). The van der Waals surface area contributed by atoms with Gasteiger partial charge in [0.25, 0.3) is 0 Å². The molecular weight excluding hydrogens is 995 g/mol. The zero-order chi connectivity index (χ0) is 53.6. The average molecular weight is 1040 g/mol. The van der Waals surface area contributed by atoms with Crippen molar-refractivity contribution in [1.82, 2.24) is 9.13 Å². The molecule has 0 aliphatic rings. The number of aromatic nitrogens is 2. The first-order valence-electron chi connectivity index (χ1n) is 28.3. The van der Waals surface area contributed by atoms with E-state index in [0.717, 1.165) is 77.9 Å². The largest absolute Gasteiger partial charge is 0.454 e. The molecular formula is C78H47N3O. The number of fused-ring (bicyclic) bond motifs is 22. The SMILES string of the molecule is c1ccc(N(c2ccccc2)c2c3ccccc3c(-c3ccc4oc5c(c4c3)c3ccccc3c3c4ccc6c7ccccc7c7ccccc7c6c4n(-c4ccc6c(c4)c4ccccc4n6-c4ccccc4)c53)c3ccccc23)cc1. The van der Waals surface area contributed by atoms with Crippen LogP contribution >= 0.6 is 0 Å². The summed E-state index contributed by atoms with van der Waals surface area (Å²) in [5.41, 5.74) is 14.2. The second-order valence-electron chi connectivity index (χ2n) is 21.8. The summed E-state index contributed by atoms with van der Waals surface area (Å²) in [6.07, 6.45) is 0. The van der Waals surface area contributed by atoms with E-state index in [-0.39, 0.29) is 0 Å². The zero-order valence-corrected chi connectivity index (χ0v) is 44.4. The summed E-state index contributed by atoms with van der Waals surface area (Å²) < 4.78 is 12.5. The molecule has 15 aromatic carbocycles. The monoisotopic (exact) mass is 1040 g/mol. The number of nitrogens with zero attached hydrogens (tertiary/aromatic N) is 3. The maximum atomic E-state index is 7.54. The molecule has 0 atom stereocenters. The van der Waals surface area contributed by atoms with Crippen LogP contribution in [-0.2, 0) is 0 Å². The van der Waals surface area contributed by atoms with E-state index in [0.29, 0.717) is 0 Å². The van der Waals surface area contributed by atoms with Gasteiger partial charge < -0.3 is 18.5 Å². The number of hydrogen-bond acceptors (Lipinski definition) is 2. The first-order valence-corrected chi connectivity index (χ1v) is 28.3. The Labute approximate surface area is 470 Å². The minimum atomic E-state index is 0.848. The van der Waals surface area contributed by atoms with E-state index >= 15 is 0 Å². The lowest BCUT2D eigenvalue weighted by Crippen LogP contribution is -2.11. The Balaban J connectivity index is 0.977. The summed E-state index contributed by atoms with van der Waals surface area (Å²) in [6.45, 7) is 0. The average Bonchev–Trinajstić information content (AvgIpc) is 2.48. The van der Waals surface area contributed by atoms with E-state index in [1.807, 2.05) is 0 Å². The first-order chi connectivity index (χ1) is 40.7. The summed E-state index contributed by atoms with van der Waals surface area (Å²) in [7, 11) is 0. The second kappa shape index (κ2) is 17.3. The molecule has 0 unspecified atom stereocenters. The fraction of sp³-hybridized carbons (Fsp3) is 0. The van der Waals surface area contributed by atoms with Gasteiger partial charge >= 0.3 is 0 Å². The van der Waals surface area contributed by atoms with Gasteiger partial charge in [0, 0.05) is 71.2 Å². The van der Waals surface area contributed by atoms with E-state index in [1.54, 1.807) is 0 Å². The van der Waals surface area contributed by atoms with Gasteiger partial charge in [-0.15, -0.1) is 0 Å². The van der Waals surface area contributed by atoms with Crippen molar-refractivity contribution in [3.63, 3.8) is 0 Å². The highest BCUT2D eigenvalue weighted by atomic mass is 16.3. The Morgan fingerprint density at radius 2 is 0.732 bits per heavy atom. The van der Waals surface area contributed by atoms with Gasteiger partial charge in [-0.3, -0.25) is 0 Å². The number of benzene rings is 15. The molecule has 82 heavy (non-hydrogen) atoms. The van der Waals surface area contributed by atoms with Crippen LogP contribution in [-0.4, -0.2) is 9.13 Å². The maximum Gasteiger partial charge on any atom is 0.160 e. The molecule has 3 heterocycles. The van der Waals surface area contributed by atoms with E-state index in [9.17, 15) is 0 Å². The molecule has 3 aromatic heterocycles. The van der Waals surface area contributed by atoms with Crippen molar-refractivity contribution in [2.24, 2.45) is 0 Å². The van der Waals surface area contributed by atoms with Crippen LogP contribution in [0.2, 0.25) is 0 Å². The molecule has 0 amide bonds. The molecule has 0 fully saturated rings. The van der Waals surface area contributed by atoms with E-state index in [1.165, 1.54) is 91.9 Å². The number of anilines is 3. The third-order valence-electron chi connectivity index (χ3n) is 17.6. The van der Waals surface area contributed by atoms with Gasteiger partial charge in [0.05, 0.1) is 27.8 Å². The number of furan rings is 1. The molecule has 0 radical (unpaired) electrons. The summed E-state index contributed by atoms with van der Waals surface area (Å²) in [5.74, 6) is 0. The van der Waals surface area contributed by atoms with Crippen LogP contribution < -0.4 is 4.90 Å². The summed E-state index contributed by atoms with van der Waals surface area (Å²) in [5, 5.41) is 21.4. The fourth-order valence-corrected chi connectivity index (χ4v) is 14.3. The van der Waals surface area contributed by atoms with Crippen molar-refractivity contribution in [3.05, 3.63) is 285 Å². The molecule has 0 bridgehead atoms. The topological polar surface area (TPSA) is 26.2 Å². The molecule has 0 spiro atoms.